The van der Waals surface area contributed by atoms with Crippen molar-refractivity contribution in [2.75, 3.05) is 23.3 Å². The Hall–Kier alpha value is -1.32. The first-order valence-electron chi connectivity index (χ1n) is 6.40. The molecule has 17 heavy (non-hydrogen) atoms. The predicted molar refractivity (Wildman–Crippen MR) is 71.6 cm³/mol. The number of hydrogen-bond acceptors (Lipinski definition) is 4. The van der Waals surface area contributed by atoms with Crippen molar-refractivity contribution in [1.82, 2.24) is 9.97 Å². The van der Waals surface area contributed by atoms with Crippen LogP contribution in [0.15, 0.2) is 6.20 Å². The van der Waals surface area contributed by atoms with Crippen molar-refractivity contribution in [1.29, 1.82) is 0 Å². The summed E-state index contributed by atoms with van der Waals surface area (Å²) in [6.07, 6.45) is 4.38. The van der Waals surface area contributed by atoms with Gasteiger partial charge in [-0.3, -0.25) is 0 Å². The van der Waals surface area contributed by atoms with E-state index >= 15 is 0 Å². The molecule has 0 aromatic carbocycles. The molecule has 1 aromatic rings. The molecule has 94 valence electrons. The summed E-state index contributed by atoms with van der Waals surface area (Å²) in [6, 6.07) is 0. The largest absolute Gasteiger partial charge is 0.354 e. The molecule has 1 aliphatic heterocycles. The highest BCUT2D eigenvalue weighted by Crippen LogP contribution is 2.34. The van der Waals surface area contributed by atoms with Crippen molar-refractivity contribution in [3.8, 4) is 0 Å². The Kier molecular flexibility index (Phi) is 3.22. The summed E-state index contributed by atoms with van der Waals surface area (Å²) in [5.41, 5.74) is 1.37. The molecule has 0 radical (unpaired) electrons. The Bertz CT molecular complexity index is 400. The highest BCUT2D eigenvalue weighted by Gasteiger charge is 2.33. The summed E-state index contributed by atoms with van der Waals surface area (Å²) in [7, 11) is 0. The summed E-state index contributed by atoms with van der Waals surface area (Å²) in [4.78, 5) is 11.3. The maximum atomic E-state index is 4.64. The Balaban J connectivity index is 2.33. The summed E-state index contributed by atoms with van der Waals surface area (Å²) in [5, 5.41) is 3.18. The van der Waals surface area contributed by atoms with Gasteiger partial charge in [-0.1, -0.05) is 0 Å². The predicted octanol–water partition coefficient (Wildman–Crippen LogP) is 2.60. The van der Waals surface area contributed by atoms with Crippen LogP contribution in [-0.2, 0) is 0 Å². The van der Waals surface area contributed by atoms with Gasteiger partial charge in [0.1, 0.15) is 5.82 Å². The van der Waals surface area contributed by atoms with Gasteiger partial charge in [0.2, 0.25) is 5.95 Å². The van der Waals surface area contributed by atoms with Gasteiger partial charge in [-0.25, -0.2) is 4.98 Å². The maximum absolute atomic E-state index is 4.64. The second-order valence-corrected chi connectivity index (χ2v) is 5.30. The monoisotopic (exact) mass is 234 g/mol. The van der Waals surface area contributed by atoms with E-state index in [0.29, 0.717) is 0 Å². The number of rotatable bonds is 3. The van der Waals surface area contributed by atoms with Crippen molar-refractivity contribution in [3.05, 3.63) is 11.8 Å². The van der Waals surface area contributed by atoms with E-state index in [1.807, 2.05) is 6.20 Å². The molecule has 0 saturated carbocycles. The quantitative estimate of drug-likeness (QED) is 0.872. The van der Waals surface area contributed by atoms with Crippen LogP contribution in [0.1, 0.15) is 39.2 Å². The standard InChI is InChI=1S/C13H22N4/c1-5-14-12-15-9-10(2)11(16-12)17-8-6-7-13(17,3)4/h9H,5-8H2,1-4H3,(H,14,15,16). The SMILES string of the molecule is CCNc1ncc(C)c(N2CCCC2(C)C)n1. The van der Waals surface area contributed by atoms with E-state index < -0.39 is 0 Å². The Morgan fingerprint density at radius 2 is 2.24 bits per heavy atom. The van der Waals surface area contributed by atoms with E-state index in [1.54, 1.807) is 0 Å². The van der Waals surface area contributed by atoms with Crippen molar-refractivity contribution in [2.45, 2.75) is 46.1 Å². The lowest BCUT2D eigenvalue weighted by Crippen LogP contribution is -2.39. The van der Waals surface area contributed by atoms with Crippen molar-refractivity contribution in [2.24, 2.45) is 0 Å². The average Bonchev–Trinajstić information content (AvgIpc) is 2.61. The third-order valence-corrected chi connectivity index (χ3v) is 3.44. The van der Waals surface area contributed by atoms with E-state index in [-0.39, 0.29) is 5.54 Å². The van der Waals surface area contributed by atoms with Gasteiger partial charge in [0.15, 0.2) is 0 Å². The van der Waals surface area contributed by atoms with Gasteiger partial charge in [-0.2, -0.15) is 4.98 Å². The van der Waals surface area contributed by atoms with Crippen LogP contribution in [0.5, 0.6) is 0 Å². The lowest BCUT2D eigenvalue weighted by molar-refractivity contribution is 0.513. The van der Waals surface area contributed by atoms with Gasteiger partial charge in [-0.15, -0.1) is 0 Å². The van der Waals surface area contributed by atoms with Crippen molar-refractivity contribution >= 4 is 11.8 Å². The van der Waals surface area contributed by atoms with Gasteiger partial charge < -0.3 is 10.2 Å². The highest BCUT2D eigenvalue weighted by molar-refractivity contribution is 5.51. The lowest BCUT2D eigenvalue weighted by atomic mass is 10.0. The number of anilines is 2. The van der Waals surface area contributed by atoms with E-state index in [9.17, 15) is 0 Å². The Morgan fingerprint density at radius 1 is 1.47 bits per heavy atom. The Morgan fingerprint density at radius 3 is 2.82 bits per heavy atom. The average molecular weight is 234 g/mol. The molecule has 0 bridgehead atoms. The van der Waals surface area contributed by atoms with Gasteiger partial charge in [0.25, 0.3) is 0 Å². The minimum Gasteiger partial charge on any atom is -0.354 e. The minimum absolute atomic E-state index is 0.211. The van der Waals surface area contributed by atoms with Crippen molar-refractivity contribution in [3.63, 3.8) is 0 Å². The first kappa shape index (κ1) is 12.1. The first-order valence-corrected chi connectivity index (χ1v) is 6.40. The van der Waals surface area contributed by atoms with E-state index in [4.69, 9.17) is 0 Å². The maximum Gasteiger partial charge on any atom is 0.224 e. The summed E-state index contributed by atoms with van der Waals surface area (Å²) in [5.74, 6) is 1.81. The van der Waals surface area contributed by atoms with Crippen molar-refractivity contribution < 1.29 is 0 Å². The van der Waals surface area contributed by atoms with Crippen LogP contribution in [0.2, 0.25) is 0 Å². The smallest absolute Gasteiger partial charge is 0.224 e. The molecule has 1 aromatic heterocycles. The van der Waals surface area contributed by atoms with E-state index in [0.717, 1.165) is 30.4 Å². The molecule has 4 heteroatoms. The molecule has 1 aliphatic rings. The number of hydrogen-bond donors (Lipinski definition) is 1. The highest BCUT2D eigenvalue weighted by atomic mass is 15.3. The fourth-order valence-corrected chi connectivity index (χ4v) is 2.45. The molecule has 0 aliphatic carbocycles. The summed E-state index contributed by atoms with van der Waals surface area (Å²) >= 11 is 0. The summed E-state index contributed by atoms with van der Waals surface area (Å²) in [6.45, 7) is 10.7. The molecule has 2 heterocycles. The number of aromatic nitrogens is 2. The molecule has 0 amide bonds. The number of aryl methyl sites for hydroxylation is 1. The van der Waals surface area contributed by atoms with Gasteiger partial charge >= 0.3 is 0 Å². The molecule has 2 rings (SSSR count). The topological polar surface area (TPSA) is 41.1 Å². The second kappa shape index (κ2) is 4.51. The number of nitrogens with one attached hydrogen (secondary N) is 1. The first-order chi connectivity index (χ1) is 8.04. The zero-order valence-electron chi connectivity index (χ0n) is 11.2. The molecule has 0 spiro atoms. The van der Waals surface area contributed by atoms with Crippen LogP contribution < -0.4 is 10.2 Å². The molecule has 1 saturated heterocycles. The zero-order valence-corrected chi connectivity index (χ0v) is 11.2. The van der Waals surface area contributed by atoms with Crippen LogP contribution in [-0.4, -0.2) is 28.6 Å². The number of nitrogens with zero attached hydrogens (tertiary/aromatic N) is 3. The van der Waals surface area contributed by atoms with Crippen LogP contribution >= 0.6 is 0 Å². The molecular formula is C13H22N4. The van der Waals surface area contributed by atoms with Crippen LogP contribution in [0.3, 0.4) is 0 Å². The normalized spacial score (nSPS) is 18.5. The van der Waals surface area contributed by atoms with Crippen LogP contribution in [0.25, 0.3) is 0 Å². The zero-order chi connectivity index (χ0) is 12.5. The van der Waals surface area contributed by atoms with Crippen LogP contribution in [0, 0.1) is 6.92 Å². The lowest BCUT2D eigenvalue weighted by Gasteiger charge is -2.33. The fourth-order valence-electron chi connectivity index (χ4n) is 2.45. The van der Waals surface area contributed by atoms with E-state index in [1.165, 1.54) is 12.8 Å². The molecule has 0 atom stereocenters. The third-order valence-electron chi connectivity index (χ3n) is 3.44. The van der Waals surface area contributed by atoms with Gasteiger partial charge in [0.05, 0.1) is 0 Å². The van der Waals surface area contributed by atoms with Crippen LogP contribution in [0.4, 0.5) is 11.8 Å². The van der Waals surface area contributed by atoms with E-state index in [2.05, 4.69) is 47.9 Å². The summed E-state index contributed by atoms with van der Waals surface area (Å²) < 4.78 is 0. The fraction of sp³-hybridized carbons (Fsp3) is 0.692. The van der Waals surface area contributed by atoms with Gasteiger partial charge in [-0.05, 0) is 40.5 Å². The third kappa shape index (κ3) is 2.35. The molecular weight excluding hydrogens is 212 g/mol. The Labute approximate surface area is 103 Å². The molecule has 4 nitrogen and oxygen atoms in total. The van der Waals surface area contributed by atoms with Gasteiger partial charge in [0, 0.05) is 30.4 Å². The second-order valence-electron chi connectivity index (χ2n) is 5.30. The molecule has 0 unspecified atom stereocenters. The molecule has 1 fully saturated rings. The minimum atomic E-state index is 0.211. The molecule has 1 N–H and O–H groups in total.